The topological polar surface area (TPSA) is 21.3 Å². The molecule has 0 atom stereocenters. The van der Waals surface area contributed by atoms with Gasteiger partial charge in [0.15, 0.2) is 0 Å². The van der Waals surface area contributed by atoms with E-state index >= 15 is 0 Å². The van der Waals surface area contributed by atoms with Crippen LogP contribution in [0.25, 0.3) is 93.6 Å². The maximum absolute atomic E-state index is 6.46. The van der Waals surface area contributed by atoms with E-state index in [2.05, 4.69) is 234 Å². The van der Waals surface area contributed by atoms with Crippen molar-refractivity contribution in [1.29, 1.82) is 0 Å². The van der Waals surface area contributed by atoms with Gasteiger partial charge in [0.1, 0.15) is 11.2 Å². The van der Waals surface area contributed by atoms with E-state index in [0.29, 0.717) is 0 Å². The molecule has 0 unspecified atom stereocenters. The Kier molecular flexibility index (Phi) is 8.17. The fourth-order valence-corrected chi connectivity index (χ4v) is 9.37. The SMILES string of the molecule is c1ccc(-c2ccc(N(c3ccc(-c4ccc5c6ccc7ccccc7c6n(-c6ccccc6)c5c4)cc3)c3cccc4oc5ccccc5c34)cc2-c2ccccc2)cc1. The number of benzene rings is 10. The zero-order chi connectivity index (χ0) is 40.3. The number of furan rings is 1. The van der Waals surface area contributed by atoms with Crippen molar-refractivity contribution in [2.75, 3.05) is 4.90 Å². The Balaban J connectivity index is 1.04. The molecule has 2 aromatic heterocycles. The van der Waals surface area contributed by atoms with Crippen molar-refractivity contribution in [3.63, 3.8) is 0 Å². The van der Waals surface area contributed by atoms with E-state index in [4.69, 9.17) is 4.42 Å². The maximum atomic E-state index is 6.46. The summed E-state index contributed by atoms with van der Waals surface area (Å²) in [6.07, 6.45) is 0. The van der Waals surface area contributed by atoms with Crippen LogP contribution >= 0.6 is 0 Å². The fourth-order valence-electron chi connectivity index (χ4n) is 9.37. The summed E-state index contributed by atoms with van der Waals surface area (Å²) in [5, 5.41) is 7.16. The smallest absolute Gasteiger partial charge is 0.137 e. The van der Waals surface area contributed by atoms with Crippen LogP contribution in [-0.2, 0) is 0 Å². The molecule has 0 saturated carbocycles. The number of hydrogen-bond donors (Lipinski definition) is 0. The number of nitrogens with zero attached hydrogens (tertiary/aromatic N) is 2. The lowest BCUT2D eigenvalue weighted by Crippen LogP contribution is -2.10. The van der Waals surface area contributed by atoms with Crippen LogP contribution in [0.15, 0.2) is 235 Å². The molecule has 0 N–H and O–H groups in total. The van der Waals surface area contributed by atoms with Gasteiger partial charge >= 0.3 is 0 Å². The predicted octanol–water partition coefficient (Wildman–Crippen LogP) is 16.3. The van der Waals surface area contributed by atoms with E-state index in [9.17, 15) is 0 Å². The van der Waals surface area contributed by atoms with Crippen LogP contribution in [-0.4, -0.2) is 4.57 Å². The van der Waals surface area contributed by atoms with Crippen LogP contribution in [0.3, 0.4) is 0 Å². The van der Waals surface area contributed by atoms with Crippen molar-refractivity contribution in [1.82, 2.24) is 4.57 Å². The van der Waals surface area contributed by atoms with Gasteiger partial charge in [-0.25, -0.2) is 0 Å². The van der Waals surface area contributed by atoms with Gasteiger partial charge in [0.2, 0.25) is 0 Å². The molecule has 12 aromatic rings. The Morgan fingerprint density at radius 3 is 1.77 bits per heavy atom. The minimum absolute atomic E-state index is 0.861. The van der Waals surface area contributed by atoms with E-state index in [-0.39, 0.29) is 0 Å². The van der Waals surface area contributed by atoms with Crippen molar-refractivity contribution in [2.45, 2.75) is 0 Å². The van der Waals surface area contributed by atoms with Crippen LogP contribution in [0, 0.1) is 0 Å². The van der Waals surface area contributed by atoms with Gasteiger partial charge in [-0.15, -0.1) is 0 Å². The van der Waals surface area contributed by atoms with Gasteiger partial charge in [0.25, 0.3) is 0 Å². The van der Waals surface area contributed by atoms with E-state index in [1.54, 1.807) is 0 Å². The van der Waals surface area contributed by atoms with Crippen molar-refractivity contribution in [3.05, 3.63) is 231 Å². The second-order valence-electron chi connectivity index (χ2n) is 15.7. The van der Waals surface area contributed by atoms with E-state index in [1.165, 1.54) is 54.8 Å². The van der Waals surface area contributed by atoms with Crippen LogP contribution in [0.5, 0.6) is 0 Å². The van der Waals surface area contributed by atoms with Crippen molar-refractivity contribution in [2.24, 2.45) is 0 Å². The fraction of sp³-hybridized carbons (Fsp3) is 0. The summed E-state index contributed by atoms with van der Waals surface area (Å²) in [5.41, 5.74) is 15.5. The largest absolute Gasteiger partial charge is 0.456 e. The third-order valence-corrected chi connectivity index (χ3v) is 12.2. The molecule has 0 amide bonds. The lowest BCUT2D eigenvalue weighted by Gasteiger charge is -2.27. The molecular weight excluding hydrogens is 741 g/mol. The highest BCUT2D eigenvalue weighted by molar-refractivity contribution is 6.19. The highest BCUT2D eigenvalue weighted by Gasteiger charge is 2.22. The Hall–Kier alpha value is -8.14. The molecule has 0 aliphatic carbocycles. The monoisotopic (exact) mass is 778 g/mol. The predicted molar refractivity (Wildman–Crippen MR) is 257 cm³/mol. The third-order valence-electron chi connectivity index (χ3n) is 12.2. The van der Waals surface area contributed by atoms with Gasteiger partial charge in [-0.3, -0.25) is 0 Å². The van der Waals surface area contributed by atoms with Crippen molar-refractivity contribution >= 4 is 71.6 Å². The molecule has 3 heteroatoms. The number of fused-ring (bicyclic) bond motifs is 8. The molecule has 3 nitrogen and oxygen atoms in total. The van der Waals surface area contributed by atoms with E-state index in [0.717, 1.165) is 55.8 Å². The Bertz CT molecular complexity index is 3570. The first-order chi connectivity index (χ1) is 30.3. The van der Waals surface area contributed by atoms with Gasteiger partial charge in [0, 0.05) is 38.6 Å². The van der Waals surface area contributed by atoms with Crippen molar-refractivity contribution < 1.29 is 4.42 Å². The average molecular weight is 779 g/mol. The third kappa shape index (κ3) is 5.82. The summed E-state index contributed by atoms with van der Waals surface area (Å²) >= 11 is 0. The number of rotatable bonds is 7. The lowest BCUT2D eigenvalue weighted by atomic mass is 9.93. The minimum Gasteiger partial charge on any atom is -0.456 e. The Labute approximate surface area is 353 Å². The van der Waals surface area contributed by atoms with Crippen LogP contribution < -0.4 is 4.90 Å². The summed E-state index contributed by atoms with van der Waals surface area (Å²) < 4.78 is 8.89. The van der Waals surface area contributed by atoms with Crippen LogP contribution in [0.4, 0.5) is 17.1 Å². The molecule has 0 bridgehead atoms. The minimum atomic E-state index is 0.861. The molecule has 0 spiro atoms. The quantitative estimate of drug-likeness (QED) is 0.161. The number of anilines is 3. The van der Waals surface area contributed by atoms with Gasteiger partial charge < -0.3 is 13.9 Å². The summed E-state index contributed by atoms with van der Waals surface area (Å²) in [4.78, 5) is 2.39. The molecule has 10 aromatic carbocycles. The molecule has 0 radical (unpaired) electrons. The summed E-state index contributed by atoms with van der Waals surface area (Å²) in [6.45, 7) is 0. The molecule has 0 fully saturated rings. The summed E-state index contributed by atoms with van der Waals surface area (Å²) in [7, 11) is 0. The first-order valence-electron chi connectivity index (χ1n) is 20.8. The van der Waals surface area contributed by atoms with Gasteiger partial charge in [0.05, 0.1) is 22.1 Å². The number of para-hydroxylation sites is 2. The molecule has 0 saturated heterocycles. The summed E-state index contributed by atoms with van der Waals surface area (Å²) in [6, 6.07) is 82.9. The van der Waals surface area contributed by atoms with Crippen molar-refractivity contribution in [3.8, 4) is 39.1 Å². The summed E-state index contributed by atoms with van der Waals surface area (Å²) in [5.74, 6) is 0. The van der Waals surface area contributed by atoms with Gasteiger partial charge in [-0.05, 0) is 99.4 Å². The Morgan fingerprint density at radius 1 is 0.361 bits per heavy atom. The number of aromatic nitrogens is 1. The molecule has 2 heterocycles. The molecular formula is C58H38N2O. The average Bonchev–Trinajstić information content (AvgIpc) is 3.89. The highest BCUT2D eigenvalue weighted by Crippen LogP contribution is 2.46. The highest BCUT2D eigenvalue weighted by atomic mass is 16.3. The van der Waals surface area contributed by atoms with E-state index in [1.807, 2.05) is 6.07 Å². The molecule has 12 rings (SSSR count). The normalized spacial score (nSPS) is 11.6. The molecule has 286 valence electrons. The zero-order valence-corrected chi connectivity index (χ0v) is 33.2. The van der Waals surface area contributed by atoms with Crippen LogP contribution in [0.1, 0.15) is 0 Å². The molecule has 0 aliphatic rings. The van der Waals surface area contributed by atoms with Gasteiger partial charge in [-0.1, -0.05) is 170 Å². The van der Waals surface area contributed by atoms with E-state index < -0.39 is 0 Å². The maximum Gasteiger partial charge on any atom is 0.137 e. The molecule has 0 aliphatic heterocycles. The zero-order valence-electron chi connectivity index (χ0n) is 33.2. The van der Waals surface area contributed by atoms with Gasteiger partial charge in [-0.2, -0.15) is 0 Å². The second-order valence-corrected chi connectivity index (χ2v) is 15.7. The second kappa shape index (κ2) is 14.3. The first kappa shape index (κ1) is 34.9. The first-order valence-corrected chi connectivity index (χ1v) is 20.8. The standard InChI is InChI=1S/C58H38N2O/c1-4-15-40(16-5-1)47-36-33-46(38-52(47)41-17-6-2-7-18-41)59(53-24-14-26-56-57(53)51-23-12-13-25-55(51)61-56)45-31-27-39(28-32-45)43-30-34-49-50-35-29-42-19-10-11-22-48(42)58(50)60(54(49)37-43)44-20-8-3-9-21-44/h1-38H. The Morgan fingerprint density at radius 2 is 0.984 bits per heavy atom. The molecule has 61 heavy (non-hydrogen) atoms. The lowest BCUT2D eigenvalue weighted by molar-refractivity contribution is 0.669. The number of hydrogen-bond acceptors (Lipinski definition) is 2. The van der Waals surface area contributed by atoms with Crippen LogP contribution in [0.2, 0.25) is 0 Å².